The van der Waals surface area contributed by atoms with Gasteiger partial charge in [-0.25, -0.2) is 0 Å². The molecule has 1 aromatic heterocycles. The average Bonchev–Trinajstić information content (AvgIpc) is 2.97. The van der Waals surface area contributed by atoms with Crippen LogP contribution < -0.4 is 5.32 Å². The zero-order valence-corrected chi connectivity index (χ0v) is 11.2. The van der Waals surface area contributed by atoms with E-state index in [9.17, 15) is 5.11 Å². The highest BCUT2D eigenvalue weighted by molar-refractivity contribution is 5.82. The van der Waals surface area contributed by atoms with E-state index in [2.05, 4.69) is 28.5 Å². The molecule has 102 valence electrons. The van der Waals surface area contributed by atoms with Crippen LogP contribution >= 0.6 is 0 Å². The van der Waals surface area contributed by atoms with Crippen molar-refractivity contribution in [1.29, 1.82) is 0 Å². The van der Waals surface area contributed by atoms with Crippen molar-refractivity contribution in [2.75, 3.05) is 6.54 Å². The fourth-order valence-corrected chi connectivity index (χ4v) is 2.44. The first-order chi connectivity index (χ1) is 9.84. The van der Waals surface area contributed by atoms with E-state index in [0.29, 0.717) is 6.54 Å². The zero-order chi connectivity index (χ0) is 13.8. The lowest BCUT2D eigenvalue weighted by Gasteiger charge is -2.12. The minimum Gasteiger partial charge on any atom is -0.387 e. The summed E-state index contributed by atoms with van der Waals surface area (Å²) in [6, 6.07) is 18.0. The summed E-state index contributed by atoms with van der Waals surface area (Å²) in [6.07, 6.45) is 1.48. The molecule has 3 heteroatoms. The number of nitrogens with one attached hydrogen (secondary N) is 2. The summed E-state index contributed by atoms with van der Waals surface area (Å²) < 4.78 is 0. The molecule has 3 rings (SSSR count). The lowest BCUT2D eigenvalue weighted by Crippen LogP contribution is -2.21. The number of H-pyrrole nitrogens is 1. The molecule has 3 nitrogen and oxygen atoms in total. The van der Waals surface area contributed by atoms with Crippen LogP contribution in [0, 0.1) is 0 Å². The molecule has 1 unspecified atom stereocenters. The second kappa shape index (κ2) is 5.90. The van der Waals surface area contributed by atoms with Gasteiger partial charge in [-0.05, 0) is 23.3 Å². The highest BCUT2D eigenvalue weighted by Crippen LogP contribution is 2.17. The molecule has 0 fully saturated rings. The maximum atomic E-state index is 10.1. The number of hydrogen-bond donors (Lipinski definition) is 3. The standard InChI is InChI=1S/C17H18N2O/c20-17(13-5-2-1-3-6-13)12-18-11-14-7-4-8-16-15(14)9-10-19-16/h1-10,17-20H,11-12H2. The Hall–Kier alpha value is -2.10. The largest absolute Gasteiger partial charge is 0.387 e. The summed E-state index contributed by atoms with van der Waals surface area (Å²) in [5.41, 5.74) is 3.33. The first-order valence-corrected chi connectivity index (χ1v) is 6.83. The maximum absolute atomic E-state index is 10.1. The van der Waals surface area contributed by atoms with E-state index in [4.69, 9.17) is 0 Å². The van der Waals surface area contributed by atoms with Crippen molar-refractivity contribution in [2.24, 2.45) is 0 Å². The van der Waals surface area contributed by atoms with Crippen molar-refractivity contribution in [3.05, 3.63) is 71.9 Å². The number of rotatable bonds is 5. The van der Waals surface area contributed by atoms with Crippen molar-refractivity contribution in [2.45, 2.75) is 12.6 Å². The molecule has 1 atom stereocenters. The van der Waals surface area contributed by atoms with Gasteiger partial charge < -0.3 is 15.4 Å². The van der Waals surface area contributed by atoms with Gasteiger partial charge in [-0.3, -0.25) is 0 Å². The number of aliphatic hydroxyl groups excluding tert-OH is 1. The summed E-state index contributed by atoms with van der Waals surface area (Å²) in [5, 5.41) is 14.7. The minimum atomic E-state index is -0.471. The van der Waals surface area contributed by atoms with Crippen LogP contribution in [-0.4, -0.2) is 16.6 Å². The smallest absolute Gasteiger partial charge is 0.0914 e. The Kier molecular flexibility index (Phi) is 3.81. The molecular formula is C17H18N2O. The molecule has 20 heavy (non-hydrogen) atoms. The molecule has 0 spiro atoms. The first kappa shape index (κ1) is 12.9. The van der Waals surface area contributed by atoms with Crippen LogP contribution in [0.25, 0.3) is 10.9 Å². The van der Waals surface area contributed by atoms with Gasteiger partial charge in [0.25, 0.3) is 0 Å². The van der Waals surface area contributed by atoms with E-state index < -0.39 is 6.10 Å². The second-order valence-corrected chi connectivity index (χ2v) is 4.91. The van der Waals surface area contributed by atoms with Crippen molar-refractivity contribution in [3.8, 4) is 0 Å². The third-order valence-corrected chi connectivity index (χ3v) is 3.52. The molecule has 0 saturated heterocycles. The van der Waals surface area contributed by atoms with Gasteiger partial charge in [-0.2, -0.15) is 0 Å². The number of aromatic amines is 1. The van der Waals surface area contributed by atoms with Crippen LogP contribution in [0.2, 0.25) is 0 Å². The molecule has 0 amide bonds. The Morgan fingerprint density at radius 1 is 1.00 bits per heavy atom. The SMILES string of the molecule is OC(CNCc1cccc2[nH]ccc12)c1ccccc1. The van der Waals surface area contributed by atoms with Crippen molar-refractivity contribution >= 4 is 10.9 Å². The molecule has 0 aliphatic carbocycles. The van der Waals surface area contributed by atoms with Crippen LogP contribution in [0.15, 0.2) is 60.8 Å². The van der Waals surface area contributed by atoms with Gasteiger partial charge in [0.2, 0.25) is 0 Å². The number of aromatic nitrogens is 1. The predicted octanol–water partition coefficient (Wildman–Crippen LogP) is 2.99. The average molecular weight is 266 g/mol. The number of fused-ring (bicyclic) bond motifs is 1. The van der Waals surface area contributed by atoms with Crippen LogP contribution in [0.4, 0.5) is 0 Å². The van der Waals surface area contributed by atoms with Crippen molar-refractivity contribution in [1.82, 2.24) is 10.3 Å². The third kappa shape index (κ3) is 2.74. The Bertz CT molecular complexity index is 676. The van der Waals surface area contributed by atoms with Crippen molar-refractivity contribution < 1.29 is 5.11 Å². The second-order valence-electron chi connectivity index (χ2n) is 4.91. The Morgan fingerprint density at radius 3 is 2.70 bits per heavy atom. The maximum Gasteiger partial charge on any atom is 0.0914 e. The van der Waals surface area contributed by atoms with Gasteiger partial charge >= 0.3 is 0 Å². The van der Waals surface area contributed by atoms with E-state index >= 15 is 0 Å². The highest BCUT2D eigenvalue weighted by atomic mass is 16.3. The van der Waals surface area contributed by atoms with Crippen LogP contribution in [-0.2, 0) is 6.54 Å². The third-order valence-electron chi connectivity index (χ3n) is 3.52. The fraction of sp³-hybridized carbons (Fsp3) is 0.176. The topological polar surface area (TPSA) is 48.0 Å². The molecule has 0 bridgehead atoms. The summed E-state index contributed by atoms with van der Waals surface area (Å²) in [4.78, 5) is 3.21. The molecule has 1 heterocycles. The molecule has 0 saturated carbocycles. The minimum absolute atomic E-state index is 0.471. The monoisotopic (exact) mass is 266 g/mol. The van der Waals surface area contributed by atoms with E-state index in [1.807, 2.05) is 42.6 Å². The van der Waals surface area contributed by atoms with Crippen LogP contribution in [0.3, 0.4) is 0 Å². The van der Waals surface area contributed by atoms with Crippen molar-refractivity contribution in [3.63, 3.8) is 0 Å². The quantitative estimate of drug-likeness (QED) is 0.665. The van der Waals surface area contributed by atoms with E-state index in [1.165, 1.54) is 10.9 Å². The van der Waals surface area contributed by atoms with Gasteiger partial charge in [0, 0.05) is 30.2 Å². The van der Waals surface area contributed by atoms with Gasteiger partial charge in [0.05, 0.1) is 6.10 Å². The summed E-state index contributed by atoms with van der Waals surface area (Å²) in [6.45, 7) is 1.30. The van der Waals surface area contributed by atoms with Crippen LogP contribution in [0.1, 0.15) is 17.2 Å². The number of hydrogen-bond acceptors (Lipinski definition) is 2. The summed E-state index contributed by atoms with van der Waals surface area (Å²) >= 11 is 0. The molecule has 3 aromatic rings. The highest BCUT2D eigenvalue weighted by Gasteiger charge is 2.07. The molecule has 3 N–H and O–H groups in total. The van der Waals surface area contributed by atoms with E-state index in [0.717, 1.165) is 17.6 Å². The van der Waals surface area contributed by atoms with Crippen LogP contribution in [0.5, 0.6) is 0 Å². The molecule has 0 radical (unpaired) electrons. The Balaban J connectivity index is 1.61. The molecule has 0 aliphatic rings. The van der Waals surface area contributed by atoms with E-state index in [1.54, 1.807) is 0 Å². The lowest BCUT2D eigenvalue weighted by molar-refractivity contribution is 0.174. The summed E-state index contributed by atoms with van der Waals surface area (Å²) in [5.74, 6) is 0. The normalized spacial score (nSPS) is 12.7. The number of aliphatic hydroxyl groups is 1. The van der Waals surface area contributed by atoms with Gasteiger partial charge in [0.15, 0.2) is 0 Å². The van der Waals surface area contributed by atoms with Gasteiger partial charge in [-0.15, -0.1) is 0 Å². The Morgan fingerprint density at radius 2 is 1.85 bits per heavy atom. The van der Waals surface area contributed by atoms with E-state index in [-0.39, 0.29) is 0 Å². The predicted molar refractivity (Wildman–Crippen MR) is 81.4 cm³/mol. The fourth-order valence-electron chi connectivity index (χ4n) is 2.44. The molecule has 0 aliphatic heterocycles. The zero-order valence-electron chi connectivity index (χ0n) is 11.2. The summed E-state index contributed by atoms with van der Waals surface area (Å²) in [7, 11) is 0. The van der Waals surface area contributed by atoms with Gasteiger partial charge in [0.1, 0.15) is 0 Å². The number of benzene rings is 2. The van der Waals surface area contributed by atoms with Gasteiger partial charge in [-0.1, -0.05) is 42.5 Å². The molecule has 2 aromatic carbocycles. The Labute approximate surface area is 118 Å². The lowest BCUT2D eigenvalue weighted by atomic mass is 10.1. The molecular weight excluding hydrogens is 248 g/mol. The first-order valence-electron chi connectivity index (χ1n) is 6.83.